The van der Waals surface area contributed by atoms with Gasteiger partial charge in [-0.15, -0.1) is 0 Å². The lowest BCUT2D eigenvalue weighted by Crippen LogP contribution is -2.43. The first-order chi connectivity index (χ1) is 10.1. The number of hydrogen-bond donors (Lipinski definition) is 2. The number of rotatable bonds is 5. The second-order valence-corrected chi connectivity index (χ2v) is 6.01. The number of nitrogens with zero attached hydrogens (tertiary/aromatic N) is 1. The van der Waals surface area contributed by atoms with Crippen molar-refractivity contribution in [2.24, 2.45) is 11.7 Å². The summed E-state index contributed by atoms with van der Waals surface area (Å²) >= 11 is 0. The maximum Gasteiger partial charge on any atom is 0.224 e. The standard InChI is InChI=1S/C17H27N3O/c1-13-5-3-6-15(14(13)2)11-20-10-4-7-16(12-20)17(21)19-9-8-18/h3,5-6,16H,4,7-12,18H2,1-2H3,(H,19,21). The zero-order chi connectivity index (χ0) is 15.2. The van der Waals surface area contributed by atoms with Gasteiger partial charge in [0.05, 0.1) is 5.92 Å². The Kier molecular flexibility index (Phi) is 5.76. The van der Waals surface area contributed by atoms with Crippen molar-refractivity contribution in [2.75, 3.05) is 26.2 Å². The Morgan fingerprint density at radius 1 is 1.43 bits per heavy atom. The fourth-order valence-electron chi connectivity index (χ4n) is 2.98. The maximum atomic E-state index is 12.1. The third kappa shape index (κ3) is 4.29. The minimum absolute atomic E-state index is 0.107. The fourth-order valence-corrected chi connectivity index (χ4v) is 2.98. The molecule has 0 aliphatic carbocycles. The second-order valence-electron chi connectivity index (χ2n) is 6.01. The lowest BCUT2D eigenvalue weighted by Gasteiger charge is -2.32. The van der Waals surface area contributed by atoms with Gasteiger partial charge in [-0.05, 0) is 49.9 Å². The van der Waals surface area contributed by atoms with Gasteiger partial charge >= 0.3 is 0 Å². The van der Waals surface area contributed by atoms with E-state index in [0.29, 0.717) is 13.1 Å². The molecule has 0 spiro atoms. The van der Waals surface area contributed by atoms with E-state index in [2.05, 4.69) is 42.3 Å². The molecule has 3 N–H and O–H groups in total. The van der Waals surface area contributed by atoms with Gasteiger partial charge in [0.25, 0.3) is 0 Å². The molecule has 116 valence electrons. The molecule has 2 rings (SSSR count). The van der Waals surface area contributed by atoms with Gasteiger partial charge in [-0.25, -0.2) is 0 Å². The quantitative estimate of drug-likeness (QED) is 0.865. The minimum atomic E-state index is 0.107. The molecule has 1 aliphatic heterocycles. The Labute approximate surface area is 127 Å². The summed E-state index contributed by atoms with van der Waals surface area (Å²) < 4.78 is 0. The predicted molar refractivity (Wildman–Crippen MR) is 86.0 cm³/mol. The van der Waals surface area contributed by atoms with Crippen LogP contribution in [0.1, 0.15) is 29.5 Å². The highest BCUT2D eigenvalue weighted by Crippen LogP contribution is 2.21. The lowest BCUT2D eigenvalue weighted by molar-refractivity contribution is -0.126. The Hall–Kier alpha value is -1.39. The van der Waals surface area contributed by atoms with E-state index in [9.17, 15) is 4.79 Å². The van der Waals surface area contributed by atoms with Gasteiger partial charge in [0.15, 0.2) is 0 Å². The van der Waals surface area contributed by atoms with Crippen LogP contribution >= 0.6 is 0 Å². The number of amides is 1. The van der Waals surface area contributed by atoms with Gasteiger partial charge in [0, 0.05) is 26.2 Å². The fraction of sp³-hybridized carbons (Fsp3) is 0.588. The molecule has 1 aromatic carbocycles. The highest BCUT2D eigenvalue weighted by molar-refractivity contribution is 5.78. The normalized spacial score (nSPS) is 19.5. The summed E-state index contributed by atoms with van der Waals surface area (Å²) in [4.78, 5) is 14.5. The van der Waals surface area contributed by atoms with Crippen LogP contribution in [0.15, 0.2) is 18.2 Å². The molecular formula is C17H27N3O. The highest BCUT2D eigenvalue weighted by Gasteiger charge is 2.25. The molecule has 21 heavy (non-hydrogen) atoms. The van der Waals surface area contributed by atoms with Gasteiger partial charge in [0.2, 0.25) is 5.91 Å². The van der Waals surface area contributed by atoms with Crippen LogP contribution in [-0.2, 0) is 11.3 Å². The summed E-state index contributed by atoms with van der Waals surface area (Å²) in [5, 5.41) is 2.92. The molecule has 0 aromatic heterocycles. The van der Waals surface area contributed by atoms with Crippen LogP contribution in [0, 0.1) is 19.8 Å². The first kappa shape index (κ1) is 16.0. The average molecular weight is 289 g/mol. The van der Waals surface area contributed by atoms with Crippen molar-refractivity contribution in [3.8, 4) is 0 Å². The second kappa shape index (κ2) is 7.57. The summed E-state index contributed by atoms with van der Waals surface area (Å²) in [5.41, 5.74) is 9.52. The third-order valence-corrected chi connectivity index (χ3v) is 4.43. The summed E-state index contributed by atoms with van der Waals surface area (Å²) in [6.45, 7) is 8.28. The number of nitrogens with two attached hydrogens (primary N) is 1. The maximum absolute atomic E-state index is 12.1. The van der Waals surface area contributed by atoms with Crippen molar-refractivity contribution in [2.45, 2.75) is 33.2 Å². The average Bonchev–Trinajstić information content (AvgIpc) is 2.50. The molecule has 4 heteroatoms. The van der Waals surface area contributed by atoms with Gasteiger partial charge in [-0.3, -0.25) is 9.69 Å². The van der Waals surface area contributed by atoms with Crippen molar-refractivity contribution in [1.82, 2.24) is 10.2 Å². The summed E-state index contributed by atoms with van der Waals surface area (Å²) in [7, 11) is 0. The topological polar surface area (TPSA) is 58.4 Å². The number of carbonyl (C=O) groups is 1. The number of piperidine rings is 1. The van der Waals surface area contributed by atoms with Gasteiger partial charge in [-0.1, -0.05) is 18.2 Å². The zero-order valence-corrected chi connectivity index (χ0v) is 13.2. The number of aryl methyl sites for hydroxylation is 1. The number of likely N-dealkylation sites (tertiary alicyclic amines) is 1. The Morgan fingerprint density at radius 3 is 3.00 bits per heavy atom. The number of carbonyl (C=O) groups excluding carboxylic acids is 1. The molecule has 0 saturated carbocycles. The SMILES string of the molecule is Cc1cccc(CN2CCCC(C(=O)NCCN)C2)c1C. The van der Waals surface area contributed by atoms with Crippen molar-refractivity contribution in [3.05, 3.63) is 34.9 Å². The van der Waals surface area contributed by atoms with E-state index in [1.165, 1.54) is 16.7 Å². The zero-order valence-electron chi connectivity index (χ0n) is 13.2. The lowest BCUT2D eigenvalue weighted by atomic mass is 9.95. The van der Waals surface area contributed by atoms with E-state index in [1.807, 2.05) is 0 Å². The largest absolute Gasteiger partial charge is 0.355 e. The van der Waals surface area contributed by atoms with Crippen molar-refractivity contribution >= 4 is 5.91 Å². The molecule has 1 amide bonds. The molecule has 1 fully saturated rings. The van der Waals surface area contributed by atoms with Crippen LogP contribution in [-0.4, -0.2) is 37.0 Å². The van der Waals surface area contributed by atoms with E-state index in [0.717, 1.165) is 32.5 Å². The summed E-state index contributed by atoms with van der Waals surface area (Å²) in [6.07, 6.45) is 2.07. The van der Waals surface area contributed by atoms with E-state index in [4.69, 9.17) is 5.73 Å². The first-order valence-electron chi connectivity index (χ1n) is 7.87. The van der Waals surface area contributed by atoms with Gasteiger partial charge < -0.3 is 11.1 Å². The summed E-state index contributed by atoms with van der Waals surface area (Å²) in [6, 6.07) is 6.46. The van der Waals surface area contributed by atoms with Crippen LogP contribution in [0.2, 0.25) is 0 Å². The molecular weight excluding hydrogens is 262 g/mol. The van der Waals surface area contributed by atoms with Crippen LogP contribution in [0.3, 0.4) is 0 Å². The number of hydrogen-bond acceptors (Lipinski definition) is 3. The predicted octanol–water partition coefficient (Wildman–Crippen LogP) is 1.59. The number of nitrogens with one attached hydrogen (secondary N) is 1. The molecule has 1 atom stereocenters. The highest BCUT2D eigenvalue weighted by atomic mass is 16.1. The van der Waals surface area contributed by atoms with Crippen molar-refractivity contribution in [3.63, 3.8) is 0 Å². The van der Waals surface area contributed by atoms with Crippen LogP contribution in [0.4, 0.5) is 0 Å². The van der Waals surface area contributed by atoms with Crippen LogP contribution in [0.5, 0.6) is 0 Å². The minimum Gasteiger partial charge on any atom is -0.355 e. The summed E-state index contributed by atoms with van der Waals surface area (Å²) in [5.74, 6) is 0.265. The van der Waals surface area contributed by atoms with Gasteiger partial charge in [0.1, 0.15) is 0 Å². The molecule has 1 saturated heterocycles. The Bertz CT molecular complexity index is 487. The third-order valence-electron chi connectivity index (χ3n) is 4.43. The van der Waals surface area contributed by atoms with Gasteiger partial charge in [-0.2, -0.15) is 0 Å². The monoisotopic (exact) mass is 289 g/mol. The van der Waals surface area contributed by atoms with Crippen molar-refractivity contribution in [1.29, 1.82) is 0 Å². The molecule has 0 bridgehead atoms. The molecule has 1 heterocycles. The molecule has 1 aliphatic rings. The smallest absolute Gasteiger partial charge is 0.224 e. The molecule has 4 nitrogen and oxygen atoms in total. The van der Waals surface area contributed by atoms with E-state index >= 15 is 0 Å². The Morgan fingerprint density at radius 2 is 2.24 bits per heavy atom. The molecule has 0 radical (unpaired) electrons. The number of benzene rings is 1. The molecule has 1 aromatic rings. The van der Waals surface area contributed by atoms with E-state index in [-0.39, 0.29) is 11.8 Å². The Balaban J connectivity index is 1.95. The van der Waals surface area contributed by atoms with E-state index in [1.54, 1.807) is 0 Å². The van der Waals surface area contributed by atoms with Crippen LogP contribution in [0.25, 0.3) is 0 Å². The van der Waals surface area contributed by atoms with E-state index < -0.39 is 0 Å². The first-order valence-corrected chi connectivity index (χ1v) is 7.87. The van der Waals surface area contributed by atoms with Crippen molar-refractivity contribution < 1.29 is 4.79 Å². The molecule has 1 unspecified atom stereocenters. The van der Waals surface area contributed by atoms with Crippen LogP contribution < -0.4 is 11.1 Å².